The van der Waals surface area contributed by atoms with Crippen LogP contribution < -0.4 is 5.32 Å². The summed E-state index contributed by atoms with van der Waals surface area (Å²) >= 11 is 0. The topological polar surface area (TPSA) is 12.0 Å². The van der Waals surface area contributed by atoms with Crippen LogP contribution in [0, 0.1) is 5.92 Å². The van der Waals surface area contributed by atoms with E-state index in [4.69, 9.17) is 0 Å². The molecule has 2 rings (SSSR count). The van der Waals surface area contributed by atoms with Gasteiger partial charge in [-0.25, -0.2) is 0 Å². The highest BCUT2D eigenvalue weighted by molar-refractivity contribution is 5.85. The normalized spacial score (nSPS) is 21.1. The quantitative estimate of drug-likeness (QED) is 0.767. The van der Waals surface area contributed by atoms with Gasteiger partial charge in [0.05, 0.1) is 0 Å². The number of hydrogen-bond donors (Lipinski definition) is 1. The predicted octanol–water partition coefficient (Wildman–Crippen LogP) is 2.26. The standard InChI is InChI=1S/C11H15N.ClH/c1-2-4-10(5-3-1)8-11-6-7-12-9-11;/h1-5,11-12H,6-9H2;1H. The Morgan fingerprint density at radius 1 is 1.23 bits per heavy atom. The second kappa shape index (κ2) is 5.25. The zero-order chi connectivity index (χ0) is 8.23. The molecule has 1 saturated heterocycles. The molecule has 0 radical (unpaired) electrons. The lowest BCUT2D eigenvalue weighted by Crippen LogP contribution is -2.10. The highest BCUT2D eigenvalue weighted by atomic mass is 35.5. The first-order valence-corrected chi connectivity index (χ1v) is 4.70. The maximum Gasteiger partial charge on any atom is -0.00169 e. The molecule has 0 amide bonds. The fraction of sp³-hybridized carbons (Fsp3) is 0.455. The Morgan fingerprint density at radius 3 is 2.62 bits per heavy atom. The third-order valence-electron chi connectivity index (χ3n) is 2.53. The highest BCUT2D eigenvalue weighted by Crippen LogP contribution is 2.14. The second-order valence-corrected chi connectivity index (χ2v) is 3.55. The van der Waals surface area contributed by atoms with Gasteiger partial charge in [0, 0.05) is 0 Å². The number of rotatable bonds is 2. The van der Waals surface area contributed by atoms with E-state index in [1.165, 1.54) is 31.5 Å². The van der Waals surface area contributed by atoms with E-state index in [-0.39, 0.29) is 12.4 Å². The molecular formula is C11H16ClN. The van der Waals surface area contributed by atoms with Gasteiger partial charge >= 0.3 is 0 Å². The molecule has 0 saturated carbocycles. The fourth-order valence-electron chi connectivity index (χ4n) is 1.84. The molecule has 1 aliphatic rings. The molecule has 1 atom stereocenters. The van der Waals surface area contributed by atoms with E-state index >= 15 is 0 Å². The van der Waals surface area contributed by atoms with E-state index in [9.17, 15) is 0 Å². The lowest BCUT2D eigenvalue weighted by atomic mass is 9.99. The van der Waals surface area contributed by atoms with Gasteiger partial charge in [0.25, 0.3) is 0 Å². The van der Waals surface area contributed by atoms with Crippen LogP contribution in [-0.4, -0.2) is 13.1 Å². The minimum atomic E-state index is 0. The molecule has 13 heavy (non-hydrogen) atoms. The lowest BCUT2D eigenvalue weighted by molar-refractivity contribution is 0.580. The van der Waals surface area contributed by atoms with Gasteiger partial charge in [0.2, 0.25) is 0 Å². The average Bonchev–Trinajstić information content (AvgIpc) is 2.59. The molecule has 0 aromatic heterocycles. The Morgan fingerprint density at radius 2 is 2.00 bits per heavy atom. The van der Waals surface area contributed by atoms with Crippen molar-refractivity contribution < 1.29 is 0 Å². The van der Waals surface area contributed by atoms with Crippen molar-refractivity contribution in [3.63, 3.8) is 0 Å². The van der Waals surface area contributed by atoms with Crippen LogP contribution >= 0.6 is 12.4 Å². The van der Waals surface area contributed by atoms with Crippen LogP contribution in [-0.2, 0) is 6.42 Å². The summed E-state index contributed by atoms with van der Waals surface area (Å²) in [6, 6.07) is 10.8. The third-order valence-corrected chi connectivity index (χ3v) is 2.53. The van der Waals surface area contributed by atoms with Crippen molar-refractivity contribution in [2.45, 2.75) is 12.8 Å². The van der Waals surface area contributed by atoms with Crippen LogP contribution in [0.25, 0.3) is 0 Å². The number of benzene rings is 1. The molecule has 1 aliphatic heterocycles. The lowest BCUT2D eigenvalue weighted by Gasteiger charge is -2.06. The van der Waals surface area contributed by atoms with E-state index in [1.807, 2.05) is 0 Å². The van der Waals surface area contributed by atoms with Crippen molar-refractivity contribution in [2.24, 2.45) is 5.92 Å². The first-order chi connectivity index (χ1) is 5.95. The number of nitrogens with one attached hydrogen (secondary N) is 1. The first-order valence-electron chi connectivity index (χ1n) is 4.70. The van der Waals surface area contributed by atoms with Crippen molar-refractivity contribution in [3.8, 4) is 0 Å². The van der Waals surface area contributed by atoms with Gasteiger partial charge in [-0.3, -0.25) is 0 Å². The monoisotopic (exact) mass is 197 g/mol. The third kappa shape index (κ3) is 3.02. The molecule has 0 bridgehead atoms. The molecule has 1 aromatic carbocycles. The van der Waals surface area contributed by atoms with E-state index in [2.05, 4.69) is 35.6 Å². The average molecular weight is 198 g/mol. The molecule has 0 spiro atoms. The minimum absolute atomic E-state index is 0. The number of halogens is 1. The molecule has 1 aromatic rings. The van der Waals surface area contributed by atoms with Crippen LogP contribution in [0.1, 0.15) is 12.0 Å². The van der Waals surface area contributed by atoms with Gasteiger partial charge in [-0.15, -0.1) is 12.4 Å². The zero-order valence-electron chi connectivity index (χ0n) is 7.70. The molecule has 1 unspecified atom stereocenters. The molecule has 1 N–H and O–H groups in total. The van der Waals surface area contributed by atoms with Crippen LogP contribution in [0.15, 0.2) is 30.3 Å². The second-order valence-electron chi connectivity index (χ2n) is 3.55. The highest BCUT2D eigenvalue weighted by Gasteiger charge is 2.13. The Labute approximate surface area is 86.0 Å². The number of hydrogen-bond acceptors (Lipinski definition) is 1. The minimum Gasteiger partial charge on any atom is -0.316 e. The van der Waals surface area contributed by atoms with E-state index in [0.717, 1.165) is 5.92 Å². The molecule has 1 fully saturated rings. The van der Waals surface area contributed by atoms with Gasteiger partial charge in [-0.2, -0.15) is 0 Å². The molecule has 1 heterocycles. The van der Waals surface area contributed by atoms with Gasteiger partial charge in [0.1, 0.15) is 0 Å². The molecule has 1 nitrogen and oxygen atoms in total. The molecule has 0 aliphatic carbocycles. The van der Waals surface area contributed by atoms with Crippen molar-refractivity contribution >= 4 is 12.4 Å². The predicted molar refractivity (Wildman–Crippen MR) is 58.4 cm³/mol. The fourth-order valence-corrected chi connectivity index (χ4v) is 1.84. The molecular weight excluding hydrogens is 182 g/mol. The summed E-state index contributed by atoms with van der Waals surface area (Å²) in [7, 11) is 0. The van der Waals surface area contributed by atoms with E-state index in [0.29, 0.717) is 0 Å². The van der Waals surface area contributed by atoms with Crippen molar-refractivity contribution in [2.75, 3.05) is 13.1 Å². The maximum atomic E-state index is 3.39. The molecule has 72 valence electrons. The zero-order valence-corrected chi connectivity index (χ0v) is 8.52. The van der Waals surface area contributed by atoms with E-state index < -0.39 is 0 Å². The summed E-state index contributed by atoms with van der Waals surface area (Å²) in [5.41, 5.74) is 1.48. The first kappa shape index (κ1) is 10.6. The summed E-state index contributed by atoms with van der Waals surface area (Å²) in [5, 5.41) is 3.39. The van der Waals surface area contributed by atoms with E-state index in [1.54, 1.807) is 0 Å². The van der Waals surface area contributed by atoms with Crippen LogP contribution in [0.2, 0.25) is 0 Å². The van der Waals surface area contributed by atoms with Crippen LogP contribution in [0.3, 0.4) is 0 Å². The Hall–Kier alpha value is -0.530. The van der Waals surface area contributed by atoms with Gasteiger partial charge < -0.3 is 5.32 Å². The Kier molecular flexibility index (Phi) is 4.26. The molecule has 2 heteroatoms. The summed E-state index contributed by atoms with van der Waals surface area (Å²) in [5.74, 6) is 0.868. The SMILES string of the molecule is Cl.c1ccc(CC2CCNC2)cc1. The Balaban J connectivity index is 0.000000845. The van der Waals surface area contributed by atoms with Crippen molar-refractivity contribution in [1.29, 1.82) is 0 Å². The summed E-state index contributed by atoms with van der Waals surface area (Å²) in [6.07, 6.45) is 2.59. The van der Waals surface area contributed by atoms with Gasteiger partial charge in [0.15, 0.2) is 0 Å². The summed E-state index contributed by atoms with van der Waals surface area (Å²) in [4.78, 5) is 0. The van der Waals surface area contributed by atoms with Crippen LogP contribution in [0.5, 0.6) is 0 Å². The van der Waals surface area contributed by atoms with Crippen molar-refractivity contribution in [3.05, 3.63) is 35.9 Å². The summed E-state index contributed by atoms with van der Waals surface area (Å²) < 4.78 is 0. The summed E-state index contributed by atoms with van der Waals surface area (Å²) in [6.45, 7) is 2.41. The van der Waals surface area contributed by atoms with Crippen LogP contribution in [0.4, 0.5) is 0 Å². The van der Waals surface area contributed by atoms with Gasteiger partial charge in [-0.1, -0.05) is 30.3 Å². The van der Waals surface area contributed by atoms with Crippen molar-refractivity contribution in [1.82, 2.24) is 5.32 Å². The largest absolute Gasteiger partial charge is 0.316 e. The van der Waals surface area contributed by atoms with Gasteiger partial charge in [-0.05, 0) is 37.4 Å². The Bertz CT molecular complexity index is 229. The smallest absolute Gasteiger partial charge is 0.00169 e. The maximum absolute atomic E-state index is 3.39.